The summed E-state index contributed by atoms with van der Waals surface area (Å²) in [5.74, 6) is -0.805. The molecular weight excluding hydrogens is 304 g/mol. The average Bonchev–Trinajstić information content (AvgIpc) is 2.49. The Labute approximate surface area is 145 Å². The summed E-state index contributed by atoms with van der Waals surface area (Å²) < 4.78 is 10.7. The summed E-state index contributed by atoms with van der Waals surface area (Å²) in [7, 11) is 0. The Morgan fingerprint density at radius 2 is 1.33 bits per heavy atom. The van der Waals surface area contributed by atoms with Crippen molar-refractivity contribution in [2.45, 2.75) is 67.1 Å². The van der Waals surface area contributed by atoms with E-state index in [1.54, 1.807) is 27.7 Å². The van der Waals surface area contributed by atoms with Crippen LogP contribution in [-0.4, -0.2) is 11.9 Å². The molecule has 0 N–H and O–H groups in total. The first-order chi connectivity index (χ1) is 11.0. The summed E-state index contributed by atoms with van der Waals surface area (Å²) in [4.78, 5) is 23.5. The molecule has 4 nitrogen and oxygen atoms in total. The first kappa shape index (κ1) is 20.2. The van der Waals surface area contributed by atoms with Crippen molar-refractivity contribution in [3.63, 3.8) is 0 Å². The zero-order valence-electron chi connectivity index (χ0n) is 15.9. The van der Waals surface area contributed by atoms with Crippen molar-refractivity contribution in [2.75, 3.05) is 0 Å². The molecule has 134 valence electrons. The van der Waals surface area contributed by atoms with Gasteiger partial charge in [-0.15, -0.1) is 0 Å². The van der Waals surface area contributed by atoms with Gasteiger partial charge in [0.2, 0.25) is 0 Å². The van der Waals surface area contributed by atoms with E-state index in [0.29, 0.717) is 0 Å². The zero-order valence-corrected chi connectivity index (χ0v) is 15.9. The van der Waals surface area contributed by atoms with Crippen LogP contribution in [0, 0.1) is 11.8 Å². The molecule has 0 fully saturated rings. The summed E-state index contributed by atoms with van der Waals surface area (Å²) in [6, 6.07) is 6.02. The van der Waals surface area contributed by atoms with E-state index >= 15 is 0 Å². The third-order valence-electron chi connectivity index (χ3n) is 3.75. The van der Waals surface area contributed by atoms with Crippen molar-refractivity contribution in [3.05, 3.63) is 34.9 Å². The van der Waals surface area contributed by atoms with Gasteiger partial charge in [0.1, 0.15) is 13.2 Å². The minimum absolute atomic E-state index is 0.00997. The molecule has 0 radical (unpaired) electrons. The molecule has 0 spiro atoms. The lowest BCUT2D eigenvalue weighted by atomic mass is 9.85. The molecule has 0 aliphatic carbocycles. The predicted octanol–water partition coefficient (Wildman–Crippen LogP) is 4.38. The molecule has 0 aromatic heterocycles. The van der Waals surface area contributed by atoms with Crippen molar-refractivity contribution in [1.29, 1.82) is 0 Å². The van der Waals surface area contributed by atoms with Crippen LogP contribution in [0.15, 0.2) is 18.2 Å². The largest absolute Gasteiger partial charge is 0.461 e. The molecule has 24 heavy (non-hydrogen) atoms. The van der Waals surface area contributed by atoms with Crippen molar-refractivity contribution in [1.82, 2.24) is 0 Å². The molecule has 0 saturated heterocycles. The van der Waals surface area contributed by atoms with Crippen LogP contribution in [0.2, 0.25) is 0 Å². The van der Waals surface area contributed by atoms with Gasteiger partial charge in [-0.05, 0) is 22.1 Å². The van der Waals surface area contributed by atoms with Crippen molar-refractivity contribution in [3.8, 4) is 0 Å². The maximum Gasteiger partial charge on any atom is 0.308 e. The van der Waals surface area contributed by atoms with Gasteiger partial charge in [-0.3, -0.25) is 9.59 Å². The van der Waals surface area contributed by atoms with Crippen LogP contribution in [0.4, 0.5) is 0 Å². The van der Waals surface area contributed by atoms with E-state index in [2.05, 4.69) is 20.8 Å². The zero-order chi connectivity index (χ0) is 18.5. The number of hydrogen-bond donors (Lipinski definition) is 0. The van der Waals surface area contributed by atoms with Crippen LogP contribution in [0.3, 0.4) is 0 Å². The van der Waals surface area contributed by atoms with Crippen molar-refractivity contribution < 1.29 is 19.1 Å². The number of esters is 2. The van der Waals surface area contributed by atoms with Gasteiger partial charge >= 0.3 is 11.9 Å². The van der Waals surface area contributed by atoms with Gasteiger partial charge in [0, 0.05) is 0 Å². The molecule has 1 aromatic carbocycles. The minimum atomic E-state index is -0.236. The summed E-state index contributed by atoms with van der Waals surface area (Å²) in [5.41, 5.74) is 2.89. The first-order valence-corrected chi connectivity index (χ1v) is 8.48. The highest BCUT2D eigenvalue weighted by Crippen LogP contribution is 2.26. The fourth-order valence-electron chi connectivity index (χ4n) is 2.00. The lowest BCUT2D eigenvalue weighted by Gasteiger charge is -2.22. The van der Waals surface area contributed by atoms with Crippen LogP contribution in [0.1, 0.15) is 65.2 Å². The van der Waals surface area contributed by atoms with Crippen molar-refractivity contribution >= 4 is 11.9 Å². The highest BCUT2D eigenvalue weighted by molar-refractivity contribution is 5.72. The Morgan fingerprint density at radius 1 is 0.875 bits per heavy atom. The van der Waals surface area contributed by atoms with E-state index in [0.717, 1.165) is 16.7 Å². The van der Waals surface area contributed by atoms with E-state index in [9.17, 15) is 9.59 Å². The van der Waals surface area contributed by atoms with Crippen LogP contribution in [-0.2, 0) is 37.7 Å². The number of benzene rings is 1. The highest BCUT2D eigenvalue weighted by atomic mass is 16.5. The monoisotopic (exact) mass is 334 g/mol. The molecule has 0 amide bonds. The Morgan fingerprint density at radius 3 is 1.75 bits per heavy atom. The molecular formula is C20H30O4. The second-order valence-corrected chi connectivity index (χ2v) is 7.76. The fraction of sp³-hybridized carbons (Fsp3) is 0.600. The van der Waals surface area contributed by atoms with Gasteiger partial charge in [0.15, 0.2) is 0 Å². The molecule has 0 atom stereocenters. The van der Waals surface area contributed by atoms with E-state index in [4.69, 9.17) is 9.47 Å². The second kappa shape index (κ2) is 8.32. The first-order valence-electron chi connectivity index (χ1n) is 8.48. The second-order valence-electron chi connectivity index (χ2n) is 7.76. The summed E-state index contributed by atoms with van der Waals surface area (Å²) in [5, 5.41) is 0. The van der Waals surface area contributed by atoms with E-state index in [1.165, 1.54) is 0 Å². The van der Waals surface area contributed by atoms with Gasteiger partial charge in [-0.25, -0.2) is 0 Å². The average molecular weight is 334 g/mol. The van der Waals surface area contributed by atoms with Crippen LogP contribution < -0.4 is 0 Å². The smallest absolute Gasteiger partial charge is 0.308 e. The van der Waals surface area contributed by atoms with Crippen LogP contribution in [0.5, 0.6) is 0 Å². The molecule has 4 heteroatoms. The van der Waals surface area contributed by atoms with E-state index in [-0.39, 0.29) is 42.4 Å². The maximum atomic E-state index is 11.8. The lowest BCUT2D eigenvalue weighted by Crippen LogP contribution is -2.16. The third kappa shape index (κ3) is 5.99. The lowest BCUT2D eigenvalue weighted by molar-refractivity contribution is -0.150. The summed E-state index contributed by atoms with van der Waals surface area (Å²) >= 11 is 0. The standard InChI is InChI=1S/C20H30O4/c1-13(2)18(21)23-11-15-8-9-17(20(5,6)7)10-16(15)12-24-19(22)14(3)4/h8-10,13-14H,11-12H2,1-7H3. The molecule has 0 unspecified atom stereocenters. The molecule has 0 bridgehead atoms. The Balaban J connectivity index is 2.99. The molecule has 0 heterocycles. The van der Waals surface area contributed by atoms with Gasteiger partial charge < -0.3 is 9.47 Å². The molecule has 0 saturated carbocycles. The Bertz CT molecular complexity index is 580. The highest BCUT2D eigenvalue weighted by Gasteiger charge is 2.18. The van der Waals surface area contributed by atoms with Gasteiger partial charge in [-0.1, -0.05) is 66.7 Å². The molecule has 0 aliphatic heterocycles. The summed E-state index contributed by atoms with van der Waals surface area (Å²) in [6.07, 6.45) is 0. The normalized spacial score (nSPS) is 11.7. The number of ether oxygens (including phenoxy) is 2. The van der Waals surface area contributed by atoms with E-state index in [1.807, 2.05) is 18.2 Å². The van der Waals surface area contributed by atoms with Crippen molar-refractivity contribution in [2.24, 2.45) is 11.8 Å². The predicted molar refractivity (Wildman–Crippen MR) is 94.4 cm³/mol. The topological polar surface area (TPSA) is 52.6 Å². The maximum absolute atomic E-state index is 11.8. The minimum Gasteiger partial charge on any atom is -0.461 e. The molecule has 1 aromatic rings. The summed E-state index contributed by atoms with van der Waals surface area (Å²) in [6.45, 7) is 14.0. The SMILES string of the molecule is CC(C)C(=O)OCc1ccc(C(C)(C)C)cc1COC(=O)C(C)C. The Hall–Kier alpha value is -1.84. The molecule has 1 rings (SSSR count). The fourth-order valence-corrected chi connectivity index (χ4v) is 2.00. The van der Waals surface area contributed by atoms with Gasteiger partial charge in [0.05, 0.1) is 11.8 Å². The quantitative estimate of drug-likeness (QED) is 0.724. The van der Waals surface area contributed by atoms with Crippen LogP contribution in [0.25, 0.3) is 0 Å². The number of carbonyl (C=O) groups is 2. The molecule has 0 aliphatic rings. The Kier molecular flexibility index (Phi) is 7.00. The third-order valence-corrected chi connectivity index (χ3v) is 3.75. The number of rotatable bonds is 6. The van der Waals surface area contributed by atoms with E-state index < -0.39 is 0 Å². The number of carbonyl (C=O) groups excluding carboxylic acids is 2. The van der Waals surface area contributed by atoms with Gasteiger partial charge in [-0.2, -0.15) is 0 Å². The van der Waals surface area contributed by atoms with Gasteiger partial charge in [0.25, 0.3) is 0 Å². The van der Waals surface area contributed by atoms with Crippen LogP contribution >= 0.6 is 0 Å². The number of hydrogen-bond acceptors (Lipinski definition) is 4.